The van der Waals surface area contributed by atoms with Crippen molar-refractivity contribution in [2.45, 2.75) is 0 Å². The van der Waals surface area contributed by atoms with Gasteiger partial charge in [0.05, 0.1) is 6.85 Å². The predicted octanol–water partition coefficient (Wildman–Crippen LogP) is 9.32. The van der Waals surface area contributed by atoms with Gasteiger partial charge in [-0.15, -0.1) is 0 Å². The molecule has 3 heterocycles. The molecule has 0 aliphatic carbocycles. The van der Waals surface area contributed by atoms with Gasteiger partial charge in [-0.05, 0) is 36.4 Å². The van der Waals surface area contributed by atoms with E-state index in [1.807, 2.05) is 66.7 Å². The summed E-state index contributed by atoms with van der Waals surface area (Å²) in [5.41, 5.74) is 3.68. The van der Waals surface area contributed by atoms with Crippen LogP contribution in [0, 0.1) is 0 Å². The molecule has 184 valence electrons. The average Bonchev–Trinajstić information content (AvgIpc) is 3.60. The van der Waals surface area contributed by atoms with E-state index in [-0.39, 0.29) is 23.0 Å². The molecule has 0 fully saturated rings. The van der Waals surface area contributed by atoms with Crippen LogP contribution in [0.25, 0.3) is 78.0 Å². The lowest BCUT2D eigenvalue weighted by Crippen LogP contribution is -2.00. The van der Waals surface area contributed by atoms with Crippen LogP contribution >= 0.6 is 11.6 Å². The van der Waals surface area contributed by atoms with Crippen molar-refractivity contribution in [3.63, 3.8) is 0 Å². The van der Waals surface area contributed by atoms with Crippen molar-refractivity contribution >= 4 is 55.5 Å². The SMILES string of the molecule is [2H]c1c([2H])c([2H])c(-c2nc(-c3ccc4c(c3)oc3cc(Cl)ccc34)nc(-c3cccc4oc5ccccc5c34)n2)c([2H])c1[2H]. The molecule has 5 nitrogen and oxygen atoms in total. The third-order valence-electron chi connectivity index (χ3n) is 6.70. The van der Waals surface area contributed by atoms with Gasteiger partial charge in [-0.1, -0.05) is 78.2 Å². The van der Waals surface area contributed by atoms with Crippen molar-refractivity contribution < 1.29 is 15.7 Å². The minimum atomic E-state index is -0.497. The van der Waals surface area contributed by atoms with E-state index >= 15 is 0 Å². The van der Waals surface area contributed by atoms with Crippen LogP contribution in [-0.2, 0) is 0 Å². The fourth-order valence-corrected chi connectivity index (χ4v) is 5.11. The summed E-state index contributed by atoms with van der Waals surface area (Å²) in [6.07, 6.45) is 0. The Labute approximate surface area is 234 Å². The third-order valence-corrected chi connectivity index (χ3v) is 6.93. The van der Waals surface area contributed by atoms with Gasteiger partial charge in [0.15, 0.2) is 17.5 Å². The van der Waals surface area contributed by atoms with E-state index in [2.05, 4.69) is 4.98 Å². The fraction of sp³-hybridized carbons (Fsp3) is 0. The second-order valence-corrected chi connectivity index (χ2v) is 9.47. The lowest BCUT2D eigenvalue weighted by molar-refractivity contribution is 0.668. The highest BCUT2D eigenvalue weighted by atomic mass is 35.5. The standard InChI is InChI=1S/C33H18ClN3O2/c34-21-14-16-23-22-15-13-20(17-28(22)39-29(23)18-21)32-35-31(19-7-2-1-3-8-19)36-33(37-32)25-10-6-12-27-30(25)24-9-4-5-11-26(24)38-27/h1-18H/i1D,2D,3D,7D,8D. The van der Waals surface area contributed by atoms with Gasteiger partial charge in [-0.3, -0.25) is 0 Å². The van der Waals surface area contributed by atoms with Crippen molar-refractivity contribution in [2.24, 2.45) is 0 Å². The van der Waals surface area contributed by atoms with E-state index in [0.29, 0.717) is 38.5 Å². The second kappa shape index (κ2) is 8.51. The molecule has 0 bridgehead atoms. The van der Waals surface area contributed by atoms with Crippen LogP contribution < -0.4 is 0 Å². The Kier molecular flexibility index (Phi) is 3.82. The highest BCUT2D eigenvalue weighted by molar-refractivity contribution is 6.31. The molecule has 0 spiro atoms. The molecule has 6 heteroatoms. The van der Waals surface area contributed by atoms with E-state index in [4.69, 9.17) is 37.3 Å². The van der Waals surface area contributed by atoms with E-state index in [0.717, 1.165) is 21.5 Å². The molecule has 5 aromatic carbocycles. The summed E-state index contributed by atoms with van der Waals surface area (Å²) in [5.74, 6) is 0.441. The van der Waals surface area contributed by atoms with Crippen molar-refractivity contribution in [3.05, 3.63) is 114 Å². The normalized spacial score (nSPS) is 13.5. The van der Waals surface area contributed by atoms with Crippen LogP contribution in [0.4, 0.5) is 0 Å². The Morgan fingerprint density at radius 2 is 1.26 bits per heavy atom. The van der Waals surface area contributed by atoms with E-state index in [1.165, 1.54) is 0 Å². The number of hydrogen-bond donors (Lipinski definition) is 0. The smallest absolute Gasteiger partial charge is 0.164 e. The summed E-state index contributed by atoms with van der Waals surface area (Å²) < 4.78 is 54.0. The zero-order valence-corrected chi connectivity index (χ0v) is 20.8. The number of halogens is 1. The largest absolute Gasteiger partial charge is 0.456 e. The van der Waals surface area contributed by atoms with Crippen molar-refractivity contribution in [1.29, 1.82) is 0 Å². The Morgan fingerprint density at radius 1 is 0.564 bits per heavy atom. The monoisotopic (exact) mass is 528 g/mol. The molecular formula is C33H18ClN3O2. The third kappa shape index (κ3) is 3.59. The van der Waals surface area contributed by atoms with Gasteiger partial charge < -0.3 is 8.83 Å². The maximum Gasteiger partial charge on any atom is 0.164 e. The van der Waals surface area contributed by atoms with Crippen LogP contribution in [0.15, 0.2) is 118 Å². The van der Waals surface area contributed by atoms with Crippen molar-refractivity contribution in [3.8, 4) is 34.2 Å². The van der Waals surface area contributed by atoms with Crippen LogP contribution in [0.2, 0.25) is 5.02 Å². The first-order valence-electron chi connectivity index (χ1n) is 14.6. The first-order chi connectivity index (χ1) is 21.3. The maximum atomic E-state index is 8.61. The van der Waals surface area contributed by atoms with Gasteiger partial charge in [-0.2, -0.15) is 0 Å². The number of para-hydroxylation sites is 1. The van der Waals surface area contributed by atoms with Crippen molar-refractivity contribution in [2.75, 3.05) is 0 Å². The summed E-state index contributed by atoms with van der Waals surface area (Å²) in [6, 6.07) is 22.0. The Morgan fingerprint density at radius 3 is 2.13 bits per heavy atom. The molecule has 0 saturated carbocycles. The topological polar surface area (TPSA) is 65.0 Å². The molecular weight excluding hydrogens is 506 g/mol. The first-order valence-corrected chi connectivity index (χ1v) is 12.5. The zero-order chi connectivity index (χ0) is 30.3. The van der Waals surface area contributed by atoms with Gasteiger partial charge in [0, 0.05) is 49.3 Å². The van der Waals surface area contributed by atoms with Crippen LogP contribution in [0.3, 0.4) is 0 Å². The molecule has 0 aliphatic rings. The number of nitrogens with zero attached hydrogens (tertiary/aromatic N) is 3. The minimum Gasteiger partial charge on any atom is -0.456 e. The average molecular weight is 529 g/mol. The molecule has 0 saturated heterocycles. The minimum absolute atomic E-state index is 0.0525. The van der Waals surface area contributed by atoms with Crippen LogP contribution in [0.1, 0.15) is 6.85 Å². The number of fused-ring (bicyclic) bond motifs is 6. The number of benzene rings is 5. The lowest BCUT2D eigenvalue weighted by atomic mass is 10.1. The molecule has 0 unspecified atom stereocenters. The summed E-state index contributed by atoms with van der Waals surface area (Å²) in [6.45, 7) is 0. The summed E-state index contributed by atoms with van der Waals surface area (Å²) in [4.78, 5) is 14.2. The summed E-state index contributed by atoms with van der Waals surface area (Å²) >= 11 is 6.19. The summed E-state index contributed by atoms with van der Waals surface area (Å²) in [5, 5.41) is 4.01. The predicted molar refractivity (Wildman–Crippen MR) is 156 cm³/mol. The molecule has 3 aromatic heterocycles. The number of rotatable bonds is 3. The van der Waals surface area contributed by atoms with E-state index in [9.17, 15) is 0 Å². The van der Waals surface area contributed by atoms with Gasteiger partial charge in [0.2, 0.25) is 0 Å². The Bertz CT molecular complexity index is 2460. The van der Waals surface area contributed by atoms with E-state index < -0.39 is 30.2 Å². The quantitative estimate of drug-likeness (QED) is 0.228. The van der Waals surface area contributed by atoms with Gasteiger partial charge in [-0.25, -0.2) is 15.0 Å². The number of aromatic nitrogens is 3. The molecule has 0 atom stereocenters. The zero-order valence-electron chi connectivity index (χ0n) is 25.0. The Balaban J connectivity index is 1.43. The molecule has 39 heavy (non-hydrogen) atoms. The summed E-state index contributed by atoms with van der Waals surface area (Å²) in [7, 11) is 0. The number of furan rings is 2. The molecule has 0 N–H and O–H groups in total. The first kappa shape index (κ1) is 17.5. The van der Waals surface area contributed by atoms with Crippen molar-refractivity contribution in [1.82, 2.24) is 15.0 Å². The maximum absolute atomic E-state index is 8.61. The molecule has 8 rings (SSSR count). The second-order valence-electron chi connectivity index (χ2n) is 9.04. The molecule has 0 radical (unpaired) electrons. The highest BCUT2D eigenvalue weighted by Gasteiger charge is 2.18. The molecule has 0 amide bonds. The van der Waals surface area contributed by atoms with Crippen LogP contribution in [0.5, 0.6) is 0 Å². The van der Waals surface area contributed by atoms with E-state index in [1.54, 1.807) is 12.1 Å². The molecule has 8 aromatic rings. The number of hydrogen-bond acceptors (Lipinski definition) is 5. The van der Waals surface area contributed by atoms with Gasteiger partial charge >= 0.3 is 0 Å². The Hall–Kier alpha value is -5.00. The van der Waals surface area contributed by atoms with Gasteiger partial charge in [0.1, 0.15) is 22.3 Å². The van der Waals surface area contributed by atoms with Crippen LogP contribution in [-0.4, -0.2) is 15.0 Å². The highest BCUT2D eigenvalue weighted by Crippen LogP contribution is 2.37. The lowest BCUT2D eigenvalue weighted by Gasteiger charge is -2.09. The molecule has 0 aliphatic heterocycles. The van der Waals surface area contributed by atoms with Gasteiger partial charge in [0.25, 0.3) is 0 Å². The fourth-order valence-electron chi connectivity index (χ4n) is 4.95.